The number of carbonyl (C=O) groups excluding carboxylic acids is 1. The molecule has 0 radical (unpaired) electrons. The number of amidine groups is 1. The Morgan fingerprint density at radius 1 is 1.28 bits per heavy atom. The Labute approximate surface area is 183 Å². The van der Waals surface area contributed by atoms with Gasteiger partial charge in [0, 0.05) is 13.1 Å². The van der Waals surface area contributed by atoms with E-state index in [2.05, 4.69) is 10.3 Å². The number of alkyl halides is 3. The van der Waals surface area contributed by atoms with Crippen LogP contribution in [-0.2, 0) is 14.2 Å². The molecule has 0 bridgehead atoms. The minimum atomic E-state index is -2.80. The largest absolute Gasteiger partial charge is 0.489 e. The highest BCUT2D eigenvalue weighted by molar-refractivity contribution is 5.79. The predicted octanol–water partition coefficient (Wildman–Crippen LogP) is 2.76. The van der Waals surface area contributed by atoms with Crippen molar-refractivity contribution in [3.05, 3.63) is 23.4 Å². The van der Waals surface area contributed by atoms with Gasteiger partial charge in [-0.25, -0.2) is 22.4 Å². The highest BCUT2D eigenvalue weighted by atomic mass is 19.3. The third-order valence-electron chi connectivity index (χ3n) is 5.52. The zero-order valence-corrected chi connectivity index (χ0v) is 17.9. The lowest BCUT2D eigenvalue weighted by Crippen LogP contribution is -2.44. The lowest BCUT2D eigenvalue weighted by Gasteiger charge is -2.32. The average Bonchev–Trinajstić information content (AvgIpc) is 3.05. The number of hydrogen-bond acceptors (Lipinski definition) is 6. The number of likely N-dealkylation sites (N-methyl/N-ethyl adjacent to an activating group) is 1. The summed E-state index contributed by atoms with van der Waals surface area (Å²) in [6.07, 6.45) is -1.35. The summed E-state index contributed by atoms with van der Waals surface area (Å²) < 4.78 is 70.5. The van der Waals surface area contributed by atoms with E-state index in [9.17, 15) is 22.4 Å². The minimum absolute atomic E-state index is 0.00641. The van der Waals surface area contributed by atoms with Gasteiger partial charge in [0.1, 0.15) is 30.2 Å². The van der Waals surface area contributed by atoms with Crippen LogP contribution in [0.15, 0.2) is 28.4 Å². The molecule has 3 aliphatic rings. The topological polar surface area (TPSA) is 98.4 Å². The van der Waals surface area contributed by atoms with Crippen LogP contribution in [0.2, 0.25) is 0 Å². The van der Waals surface area contributed by atoms with Crippen LogP contribution in [0.25, 0.3) is 0 Å². The normalized spacial score (nSPS) is 28.8. The number of ether oxygens (including phenoxy) is 3. The number of nitrogens with one attached hydrogen (secondary N) is 1. The van der Waals surface area contributed by atoms with Crippen molar-refractivity contribution in [2.75, 3.05) is 20.3 Å². The van der Waals surface area contributed by atoms with Crippen molar-refractivity contribution in [3.63, 3.8) is 0 Å². The molecule has 0 spiro atoms. The van der Waals surface area contributed by atoms with E-state index < -0.39 is 42.9 Å². The van der Waals surface area contributed by atoms with E-state index in [0.717, 1.165) is 6.08 Å². The van der Waals surface area contributed by atoms with E-state index in [1.165, 1.54) is 11.9 Å². The summed E-state index contributed by atoms with van der Waals surface area (Å²) in [4.78, 5) is 16.3. The first-order valence-corrected chi connectivity index (χ1v) is 10.5. The lowest BCUT2D eigenvalue weighted by atomic mass is 9.95. The molecule has 0 aromatic carbocycles. The standard InChI is InChI=1S/C20H28F4N4O4/c1-10(26-19(25)29)8-30-11-3-5-12(6-4-11)32-20-27-17-13(21)7-14(31-9-15(22)23)16(24)18(17)28(20)2/h7,10-12,15-16,18H,3-6,8-9H2,1-2H3,(H3,25,26,29)/t10-,11-,12-,16?,18?/m0/s1. The number of nitrogens with two attached hydrogens (primary N) is 1. The molecule has 3 atom stereocenters. The fourth-order valence-electron chi connectivity index (χ4n) is 3.93. The number of hydrogen-bond donors (Lipinski definition) is 2. The number of fused-ring (bicyclic) bond motifs is 1. The molecular weight excluding hydrogens is 436 g/mol. The van der Waals surface area contributed by atoms with Gasteiger partial charge in [0.15, 0.2) is 12.0 Å². The summed E-state index contributed by atoms with van der Waals surface area (Å²) in [6, 6.07) is -1.87. The number of amides is 2. The monoisotopic (exact) mass is 464 g/mol. The van der Waals surface area contributed by atoms with E-state index in [4.69, 9.17) is 19.9 Å². The summed E-state index contributed by atoms with van der Waals surface area (Å²) in [6.45, 7) is 1.11. The van der Waals surface area contributed by atoms with Gasteiger partial charge in [0.2, 0.25) is 0 Å². The molecule has 3 N–H and O–H groups in total. The second-order valence-corrected chi connectivity index (χ2v) is 8.09. The first-order chi connectivity index (χ1) is 15.2. The molecule has 180 valence electrons. The maximum atomic E-state index is 14.8. The Hall–Kier alpha value is -2.50. The Bertz CT molecular complexity index is 784. The van der Waals surface area contributed by atoms with Crippen LogP contribution in [-0.4, -0.2) is 74.1 Å². The molecule has 0 saturated heterocycles. The van der Waals surface area contributed by atoms with Crippen LogP contribution < -0.4 is 11.1 Å². The zero-order valence-electron chi connectivity index (χ0n) is 17.9. The van der Waals surface area contributed by atoms with Gasteiger partial charge in [-0.05, 0) is 32.6 Å². The Balaban J connectivity index is 1.52. The van der Waals surface area contributed by atoms with Crippen LogP contribution in [0.4, 0.5) is 22.4 Å². The molecule has 2 aliphatic carbocycles. The molecule has 1 heterocycles. The van der Waals surface area contributed by atoms with Crippen LogP contribution in [0.3, 0.4) is 0 Å². The molecule has 2 amide bonds. The summed E-state index contributed by atoms with van der Waals surface area (Å²) in [5.74, 6) is -1.33. The number of carbonyl (C=O) groups is 1. The highest BCUT2D eigenvalue weighted by Crippen LogP contribution is 2.37. The summed E-state index contributed by atoms with van der Waals surface area (Å²) >= 11 is 0. The molecule has 1 aliphatic heterocycles. The molecule has 3 rings (SSSR count). The molecule has 0 aromatic rings. The lowest BCUT2D eigenvalue weighted by molar-refractivity contribution is -0.00948. The van der Waals surface area contributed by atoms with Gasteiger partial charge in [-0.1, -0.05) is 0 Å². The maximum absolute atomic E-state index is 14.8. The van der Waals surface area contributed by atoms with Crippen LogP contribution in [0.5, 0.6) is 0 Å². The van der Waals surface area contributed by atoms with E-state index in [-0.39, 0.29) is 30.0 Å². The molecular formula is C20H28F4N4O4. The fourth-order valence-corrected chi connectivity index (χ4v) is 3.93. The molecule has 2 unspecified atom stereocenters. The van der Waals surface area contributed by atoms with Gasteiger partial charge < -0.3 is 30.2 Å². The van der Waals surface area contributed by atoms with Gasteiger partial charge in [-0.15, -0.1) is 0 Å². The first-order valence-electron chi connectivity index (χ1n) is 10.5. The van der Waals surface area contributed by atoms with E-state index in [0.29, 0.717) is 32.3 Å². The number of halogens is 4. The van der Waals surface area contributed by atoms with Gasteiger partial charge in [0.25, 0.3) is 12.4 Å². The van der Waals surface area contributed by atoms with Gasteiger partial charge >= 0.3 is 6.03 Å². The van der Waals surface area contributed by atoms with Crippen molar-refractivity contribution < 1.29 is 36.6 Å². The van der Waals surface area contributed by atoms with E-state index in [1.807, 2.05) is 0 Å². The SMILES string of the molecule is C[C@@H](CO[C@H]1CC[C@H](OC2=NC3=C(F)C=C(OCC(F)F)C(F)C3N2C)CC1)NC(N)=O. The third kappa shape index (κ3) is 5.84. The third-order valence-corrected chi connectivity index (χ3v) is 5.52. The Morgan fingerprint density at radius 3 is 2.56 bits per heavy atom. The number of allylic oxidation sites excluding steroid dienone is 2. The zero-order chi connectivity index (χ0) is 23.4. The van der Waals surface area contributed by atoms with Gasteiger partial charge in [0.05, 0.1) is 18.8 Å². The van der Waals surface area contributed by atoms with Crippen molar-refractivity contribution in [3.8, 4) is 0 Å². The molecule has 8 nitrogen and oxygen atoms in total. The number of rotatable bonds is 8. The number of aliphatic imine (C=N–C) groups is 1. The second kappa shape index (κ2) is 10.4. The van der Waals surface area contributed by atoms with Crippen molar-refractivity contribution in [2.24, 2.45) is 10.7 Å². The van der Waals surface area contributed by atoms with Crippen LogP contribution >= 0.6 is 0 Å². The first kappa shape index (κ1) is 24.1. The smallest absolute Gasteiger partial charge is 0.312 e. The van der Waals surface area contributed by atoms with Crippen LogP contribution in [0, 0.1) is 0 Å². The summed E-state index contributed by atoms with van der Waals surface area (Å²) in [7, 11) is 1.51. The molecule has 12 heteroatoms. The van der Waals surface area contributed by atoms with E-state index in [1.54, 1.807) is 6.92 Å². The minimum Gasteiger partial charge on any atom is -0.489 e. The maximum Gasteiger partial charge on any atom is 0.312 e. The summed E-state index contributed by atoms with van der Waals surface area (Å²) in [5, 5.41) is 2.54. The Morgan fingerprint density at radius 2 is 1.94 bits per heavy atom. The summed E-state index contributed by atoms with van der Waals surface area (Å²) in [5.41, 5.74) is 4.93. The van der Waals surface area contributed by atoms with Crippen molar-refractivity contribution >= 4 is 12.1 Å². The fraction of sp³-hybridized carbons (Fsp3) is 0.700. The number of nitrogens with zero attached hydrogens (tertiary/aromatic N) is 2. The van der Waals surface area contributed by atoms with Crippen LogP contribution in [0.1, 0.15) is 32.6 Å². The van der Waals surface area contributed by atoms with Crippen molar-refractivity contribution in [1.29, 1.82) is 0 Å². The highest BCUT2D eigenvalue weighted by Gasteiger charge is 2.45. The van der Waals surface area contributed by atoms with E-state index >= 15 is 0 Å². The second-order valence-electron chi connectivity index (χ2n) is 8.09. The van der Waals surface area contributed by atoms with Gasteiger partial charge in [-0.3, -0.25) is 0 Å². The molecule has 0 aromatic heterocycles. The molecule has 32 heavy (non-hydrogen) atoms. The average molecular weight is 464 g/mol. The van der Waals surface area contributed by atoms with Gasteiger partial charge in [-0.2, -0.15) is 4.99 Å². The predicted molar refractivity (Wildman–Crippen MR) is 107 cm³/mol. The number of urea groups is 1. The quantitative estimate of drug-likeness (QED) is 0.539. The molecule has 1 saturated carbocycles. The Kier molecular flexibility index (Phi) is 7.86. The number of primary amides is 1. The van der Waals surface area contributed by atoms with Crippen molar-refractivity contribution in [1.82, 2.24) is 10.2 Å². The van der Waals surface area contributed by atoms with Crippen molar-refractivity contribution in [2.45, 2.75) is 69.5 Å². The molecule has 1 fully saturated rings.